The van der Waals surface area contributed by atoms with Crippen molar-refractivity contribution in [2.45, 2.75) is 19.3 Å². The molecular weight excluding hydrogens is 285 g/mol. The highest BCUT2D eigenvalue weighted by Crippen LogP contribution is 2.07. The molecule has 1 amide bonds. The summed E-state index contributed by atoms with van der Waals surface area (Å²) in [5.74, 6) is -0.883. The van der Waals surface area contributed by atoms with E-state index in [-0.39, 0.29) is 11.6 Å². The lowest BCUT2D eigenvalue weighted by atomic mass is 10.1. The van der Waals surface area contributed by atoms with E-state index in [1.165, 1.54) is 44.6 Å². The SMILES string of the molecule is COC(=NCCN1CCCCC1)NC(=O)c1cccc(F)c1. The third-order valence-electron chi connectivity index (χ3n) is 3.62. The topological polar surface area (TPSA) is 53.9 Å². The van der Waals surface area contributed by atoms with E-state index >= 15 is 0 Å². The summed E-state index contributed by atoms with van der Waals surface area (Å²) in [6, 6.07) is 5.66. The van der Waals surface area contributed by atoms with Crippen molar-refractivity contribution >= 4 is 11.9 Å². The van der Waals surface area contributed by atoms with Crippen LogP contribution < -0.4 is 5.32 Å². The molecule has 0 radical (unpaired) electrons. The van der Waals surface area contributed by atoms with Crippen LogP contribution in [-0.4, -0.2) is 50.1 Å². The molecule has 1 aliphatic heterocycles. The lowest BCUT2D eigenvalue weighted by Gasteiger charge is -2.25. The number of aliphatic imine (C=N–C) groups is 1. The number of nitrogens with one attached hydrogen (secondary N) is 1. The van der Waals surface area contributed by atoms with E-state index in [2.05, 4.69) is 15.2 Å². The highest BCUT2D eigenvalue weighted by molar-refractivity contribution is 6.04. The first-order valence-corrected chi connectivity index (χ1v) is 7.57. The van der Waals surface area contributed by atoms with Crippen LogP contribution in [-0.2, 0) is 4.74 Å². The van der Waals surface area contributed by atoms with E-state index in [0.717, 1.165) is 19.6 Å². The predicted molar refractivity (Wildman–Crippen MR) is 83.5 cm³/mol. The second kappa shape index (κ2) is 8.48. The third-order valence-corrected chi connectivity index (χ3v) is 3.62. The van der Waals surface area contributed by atoms with Crippen LogP contribution in [0.5, 0.6) is 0 Å². The number of piperidine rings is 1. The minimum Gasteiger partial charge on any atom is -0.468 e. The van der Waals surface area contributed by atoms with Gasteiger partial charge in [-0.2, -0.15) is 0 Å². The Labute approximate surface area is 130 Å². The third kappa shape index (κ3) is 5.11. The molecular formula is C16H22FN3O2. The first kappa shape index (κ1) is 16.4. The highest BCUT2D eigenvalue weighted by atomic mass is 19.1. The van der Waals surface area contributed by atoms with Gasteiger partial charge in [-0.25, -0.2) is 9.38 Å². The van der Waals surface area contributed by atoms with Gasteiger partial charge in [0.1, 0.15) is 5.82 Å². The molecule has 0 bridgehead atoms. The van der Waals surface area contributed by atoms with Gasteiger partial charge >= 0.3 is 0 Å². The van der Waals surface area contributed by atoms with Gasteiger partial charge in [-0.1, -0.05) is 12.5 Å². The van der Waals surface area contributed by atoms with Crippen LogP contribution in [0.25, 0.3) is 0 Å². The maximum absolute atomic E-state index is 13.1. The monoisotopic (exact) mass is 307 g/mol. The Morgan fingerprint density at radius 2 is 2.14 bits per heavy atom. The van der Waals surface area contributed by atoms with Gasteiger partial charge in [0.25, 0.3) is 11.9 Å². The van der Waals surface area contributed by atoms with Crippen molar-refractivity contribution in [1.29, 1.82) is 0 Å². The van der Waals surface area contributed by atoms with Crippen molar-refractivity contribution < 1.29 is 13.9 Å². The fourth-order valence-electron chi connectivity index (χ4n) is 2.43. The number of nitrogens with zero attached hydrogens (tertiary/aromatic N) is 2. The molecule has 1 aliphatic rings. The number of hydrogen-bond donors (Lipinski definition) is 1. The summed E-state index contributed by atoms with van der Waals surface area (Å²) in [7, 11) is 1.45. The molecule has 120 valence electrons. The first-order chi connectivity index (χ1) is 10.7. The number of halogens is 1. The highest BCUT2D eigenvalue weighted by Gasteiger charge is 2.11. The zero-order valence-corrected chi connectivity index (χ0v) is 12.8. The zero-order chi connectivity index (χ0) is 15.8. The minimum atomic E-state index is -0.450. The number of methoxy groups -OCH3 is 1. The standard InChI is InChI=1S/C16H22FN3O2/c1-22-16(18-8-11-20-9-3-2-4-10-20)19-15(21)13-6-5-7-14(17)12-13/h5-7,12H,2-4,8-11H2,1H3,(H,18,19,21). The lowest BCUT2D eigenvalue weighted by molar-refractivity contribution is 0.0968. The molecule has 5 nitrogen and oxygen atoms in total. The summed E-state index contributed by atoms with van der Waals surface area (Å²) in [6.07, 6.45) is 3.76. The van der Waals surface area contributed by atoms with Gasteiger partial charge in [0.15, 0.2) is 0 Å². The van der Waals surface area contributed by atoms with Crippen molar-refractivity contribution in [1.82, 2.24) is 10.2 Å². The van der Waals surface area contributed by atoms with Crippen molar-refractivity contribution in [3.05, 3.63) is 35.6 Å². The van der Waals surface area contributed by atoms with E-state index in [1.54, 1.807) is 6.07 Å². The molecule has 1 heterocycles. The van der Waals surface area contributed by atoms with Crippen LogP contribution in [0.4, 0.5) is 4.39 Å². The maximum atomic E-state index is 13.1. The van der Waals surface area contributed by atoms with Gasteiger partial charge in [0.05, 0.1) is 13.7 Å². The molecule has 1 aromatic rings. The molecule has 0 atom stereocenters. The van der Waals surface area contributed by atoms with Crippen LogP contribution in [0.3, 0.4) is 0 Å². The Balaban J connectivity index is 1.85. The fraction of sp³-hybridized carbons (Fsp3) is 0.500. The van der Waals surface area contributed by atoms with Gasteiger partial charge in [0.2, 0.25) is 0 Å². The van der Waals surface area contributed by atoms with Crippen molar-refractivity contribution in [2.24, 2.45) is 4.99 Å². The fourth-order valence-corrected chi connectivity index (χ4v) is 2.43. The Morgan fingerprint density at radius 1 is 1.36 bits per heavy atom. The summed E-state index contributed by atoms with van der Waals surface area (Å²) in [4.78, 5) is 18.6. The second-order valence-corrected chi connectivity index (χ2v) is 5.26. The first-order valence-electron chi connectivity index (χ1n) is 7.57. The molecule has 2 rings (SSSR count). The number of likely N-dealkylation sites (tertiary alicyclic amines) is 1. The maximum Gasteiger partial charge on any atom is 0.291 e. The molecule has 0 spiro atoms. The van der Waals surface area contributed by atoms with Gasteiger partial charge in [-0.15, -0.1) is 0 Å². The molecule has 1 aromatic carbocycles. The van der Waals surface area contributed by atoms with Gasteiger partial charge < -0.3 is 9.64 Å². The van der Waals surface area contributed by atoms with Crippen molar-refractivity contribution in [2.75, 3.05) is 33.3 Å². The van der Waals surface area contributed by atoms with Crippen molar-refractivity contribution in [3.63, 3.8) is 0 Å². The largest absolute Gasteiger partial charge is 0.468 e. The zero-order valence-electron chi connectivity index (χ0n) is 12.8. The number of benzene rings is 1. The number of rotatable bonds is 4. The Bertz CT molecular complexity index is 528. The number of ether oxygens (including phenoxy) is 1. The molecule has 1 fully saturated rings. The quantitative estimate of drug-likeness (QED) is 0.684. The summed E-state index contributed by atoms with van der Waals surface area (Å²) < 4.78 is 18.2. The lowest BCUT2D eigenvalue weighted by Crippen LogP contribution is -2.34. The minimum absolute atomic E-state index is 0.159. The molecule has 1 N–H and O–H groups in total. The Hall–Kier alpha value is -1.95. The summed E-state index contributed by atoms with van der Waals surface area (Å²) in [6.45, 7) is 3.62. The molecule has 0 aromatic heterocycles. The van der Waals surface area contributed by atoms with Gasteiger partial charge in [0, 0.05) is 12.1 Å². The van der Waals surface area contributed by atoms with Crippen LogP contribution in [0, 0.1) is 5.82 Å². The van der Waals surface area contributed by atoms with Crippen LogP contribution in [0.2, 0.25) is 0 Å². The predicted octanol–water partition coefficient (Wildman–Crippen LogP) is 2.04. The number of carbonyl (C=O) groups excluding carboxylic acids is 1. The smallest absolute Gasteiger partial charge is 0.291 e. The average Bonchev–Trinajstić information content (AvgIpc) is 2.54. The van der Waals surface area contributed by atoms with E-state index in [1.807, 2.05) is 0 Å². The molecule has 1 saturated heterocycles. The normalized spacial score (nSPS) is 16.4. The van der Waals surface area contributed by atoms with Crippen LogP contribution >= 0.6 is 0 Å². The Kier molecular flexibility index (Phi) is 6.33. The summed E-state index contributed by atoms with van der Waals surface area (Å²) in [5.41, 5.74) is 0.237. The van der Waals surface area contributed by atoms with Crippen LogP contribution in [0.15, 0.2) is 29.3 Å². The molecule has 0 unspecified atom stereocenters. The molecule has 22 heavy (non-hydrogen) atoms. The molecule has 0 saturated carbocycles. The van der Waals surface area contributed by atoms with E-state index in [0.29, 0.717) is 6.54 Å². The number of amides is 1. The molecule has 0 aliphatic carbocycles. The van der Waals surface area contributed by atoms with E-state index in [9.17, 15) is 9.18 Å². The van der Waals surface area contributed by atoms with Crippen LogP contribution in [0.1, 0.15) is 29.6 Å². The second-order valence-electron chi connectivity index (χ2n) is 5.26. The van der Waals surface area contributed by atoms with Crippen molar-refractivity contribution in [3.8, 4) is 0 Å². The number of carbonyl (C=O) groups is 1. The number of hydrogen-bond acceptors (Lipinski definition) is 4. The van der Waals surface area contributed by atoms with Gasteiger partial charge in [-0.3, -0.25) is 10.1 Å². The Morgan fingerprint density at radius 3 is 2.82 bits per heavy atom. The number of amidine groups is 1. The van der Waals surface area contributed by atoms with E-state index in [4.69, 9.17) is 4.74 Å². The molecule has 6 heteroatoms. The summed E-state index contributed by atoms with van der Waals surface area (Å²) >= 11 is 0. The average molecular weight is 307 g/mol. The summed E-state index contributed by atoms with van der Waals surface area (Å²) in [5, 5.41) is 2.55. The van der Waals surface area contributed by atoms with Gasteiger partial charge in [-0.05, 0) is 44.1 Å². The van der Waals surface area contributed by atoms with E-state index < -0.39 is 11.7 Å².